The van der Waals surface area contributed by atoms with E-state index in [0.29, 0.717) is 10.8 Å². The summed E-state index contributed by atoms with van der Waals surface area (Å²) < 4.78 is 33.9. The second-order valence-electron chi connectivity index (χ2n) is 5.27. The molecule has 6 nitrogen and oxygen atoms in total. The van der Waals surface area contributed by atoms with Crippen LogP contribution in [-0.2, 0) is 10.0 Å². The number of hydrogen-bond donors (Lipinski definition) is 1. The Kier molecular flexibility index (Phi) is 5.84. The van der Waals surface area contributed by atoms with Crippen molar-refractivity contribution in [1.29, 1.82) is 5.26 Å². The summed E-state index contributed by atoms with van der Waals surface area (Å²) in [4.78, 5) is 3.86. The summed E-state index contributed by atoms with van der Waals surface area (Å²) >= 11 is 7.99. The van der Waals surface area contributed by atoms with E-state index in [0.717, 1.165) is 3.57 Å². The molecule has 136 valence electrons. The van der Waals surface area contributed by atoms with E-state index in [1.807, 2.05) is 6.07 Å². The Hall–Kier alpha value is -2.35. The van der Waals surface area contributed by atoms with Crippen LogP contribution in [0.1, 0.15) is 5.56 Å². The number of nitrogens with one attached hydrogen (secondary N) is 1. The molecule has 3 aromatic rings. The van der Waals surface area contributed by atoms with Crippen molar-refractivity contribution in [2.45, 2.75) is 4.90 Å². The van der Waals surface area contributed by atoms with Gasteiger partial charge in [0.05, 0.1) is 14.0 Å². The summed E-state index contributed by atoms with van der Waals surface area (Å²) in [5.74, 6) is 0.945. The Labute approximate surface area is 175 Å². The number of hydrogen-bond acceptors (Lipinski definition) is 5. The number of anilines is 1. The molecule has 0 atom stereocenters. The van der Waals surface area contributed by atoms with Gasteiger partial charge in [-0.3, -0.25) is 4.72 Å². The molecular formula is C18H11ClIN3O3S. The molecule has 0 aliphatic carbocycles. The first-order chi connectivity index (χ1) is 12.9. The van der Waals surface area contributed by atoms with Gasteiger partial charge in [-0.05, 0) is 71.1 Å². The number of sulfonamides is 1. The lowest BCUT2D eigenvalue weighted by molar-refractivity contribution is 0.477. The van der Waals surface area contributed by atoms with Gasteiger partial charge in [0.1, 0.15) is 23.4 Å². The highest BCUT2D eigenvalue weighted by Gasteiger charge is 2.18. The van der Waals surface area contributed by atoms with E-state index in [1.54, 1.807) is 30.3 Å². The summed E-state index contributed by atoms with van der Waals surface area (Å²) in [5, 5.41) is 9.97. The van der Waals surface area contributed by atoms with Crippen LogP contribution in [0, 0.1) is 14.9 Å². The maximum atomic E-state index is 12.5. The van der Waals surface area contributed by atoms with E-state index in [9.17, 15) is 13.7 Å². The lowest BCUT2D eigenvalue weighted by atomic mass is 10.2. The summed E-state index contributed by atoms with van der Waals surface area (Å²) in [6, 6.07) is 16.0. The van der Waals surface area contributed by atoms with E-state index in [2.05, 4.69) is 32.3 Å². The highest BCUT2D eigenvalue weighted by atomic mass is 127. The van der Waals surface area contributed by atoms with Crippen molar-refractivity contribution in [3.05, 3.63) is 75.0 Å². The van der Waals surface area contributed by atoms with Gasteiger partial charge in [-0.15, -0.1) is 0 Å². The monoisotopic (exact) mass is 511 g/mol. The second-order valence-corrected chi connectivity index (χ2v) is 8.55. The molecule has 0 bridgehead atoms. The van der Waals surface area contributed by atoms with Crippen LogP contribution >= 0.6 is 34.2 Å². The Balaban J connectivity index is 1.91. The van der Waals surface area contributed by atoms with Crippen molar-refractivity contribution < 1.29 is 13.2 Å². The number of nitrogens with zero attached hydrogens (tertiary/aromatic N) is 2. The minimum Gasteiger partial charge on any atom is -0.455 e. The minimum atomic E-state index is -3.89. The molecule has 1 aromatic heterocycles. The average molecular weight is 512 g/mol. The van der Waals surface area contributed by atoms with Crippen molar-refractivity contribution in [2.24, 2.45) is 0 Å². The van der Waals surface area contributed by atoms with Crippen LogP contribution in [-0.4, -0.2) is 13.4 Å². The van der Waals surface area contributed by atoms with Crippen molar-refractivity contribution in [3.63, 3.8) is 0 Å². The maximum Gasteiger partial charge on any atom is 0.263 e. The van der Waals surface area contributed by atoms with Gasteiger partial charge in [-0.1, -0.05) is 17.7 Å². The number of halogens is 2. The molecule has 27 heavy (non-hydrogen) atoms. The van der Waals surface area contributed by atoms with Crippen molar-refractivity contribution in [2.75, 3.05) is 4.72 Å². The summed E-state index contributed by atoms with van der Waals surface area (Å²) in [7, 11) is -3.89. The van der Waals surface area contributed by atoms with Crippen molar-refractivity contribution in [1.82, 2.24) is 4.98 Å². The van der Waals surface area contributed by atoms with E-state index < -0.39 is 10.0 Å². The Bertz CT molecular complexity index is 1130. The van der Waals surface area contributed by atoms with Crippen LogP contribution in [0.5, 0.6) is 11.5 Å². The Morgan fingerprint density at radius 3 is 2.56 bits per heavy atom. The number of benzene rings is 2. The van der Waals surface area contributed by atoms with E-state index in [4.69, 9.17) is 16.3 Å². The Morgan fingerprint density at radius 1 is 1.11 bits per heavy atom. The third kappa shape index (κ3) is 4.68. The summed E-state index contributed by atoms with van der Waals surface area (Å²) in [6.45, 7) is 0. The molecular weight excluding hydrogens is 501 g/mol. The van der Waals surface area contributed by atoms with Crippen molar-refractivity contribution >= 4 is 50.0 Å². The number of aromatic nitrogens is 1. The highest BCUT2D eigenvalue weighted by Crippen LogP contribution is 2.32. The molecule has 0 saturated carbocycles. The van der Waals surface area contributed by atoms with Crippen LogP contribution in [0.2, 0.25) is 5.02 Å². The van der Waals surface area contributed by atoms with Crippen LogP contribution in [0.3, 0.4) is 0 Å². The largest absolute Gasteiger partial charge is 0.455 e. The lowest BCUT2D eigenvalue weighted by Gasteiger charge is -2.12. The third-order valence-corrected chi connectivity index (χ3v) is 5.83. The fraction of sp³-hybridized carbons (Fsp3) is 0. The molecule has 0 unspecified atom stereocenters. The highest BCUT2D eigenvalue weighted by molar-refractivity contribution is 14.1. The van der Waals surface area contributed by atoms with Crippen LogP contribution in [0.15, 0.2) is 65.7 Å². The van der Waals surface area contributed by atoms with Gasteiger partial charge in [-0.2, -0.15) is 5.26 Å². The zero-order valence-electron chi connectivity index (χ0n) is 13.6. The molecule has 0 radical (unpaired) electrons. The van der Waals surface area contributed by atoms with Gasteiger partial charge in [0, 0.05) is 11.2 Å². The normalized spacial score (nSPS) is 10.9. The number of pyridine rings is 1. The number of nitriles is 1. The second kappa shape index (κ2) is 8.12. The first-order valence-electron chi connectivity index (χ1n) is 7.50. The third-order valence-electron chi connectivity index (χ3n) is 3.40. The average Bonchev–Trinajstić information content (AvgIpc) is 2.64. The van der Waals surface area contributed by atoms with Gasteiger partial charge in [0.15, 0.2) is 0 Å². The maximum absolute atomic E-state index is 12.5. The first kappa shape index (κ1) is 19.4. The van der Waals surface area contributed by atoms with E-state index >= 15 is 0 Å². The fourth-order valence-corrected chi connectivity index (χ4v) is 4.16. The zero-order chi connectivity index (χ0) is 19.4. The summed E-state index contributed by atoms with van der Waals surface area (Å²) in [6.07, 6.45) is 1.48. The van der Waals surface area contributed by atoms with Gasteiger partial charge in [-0.25, -0.2) is 13.4 Å². The fourth-order valence-electron chi connectivity index (χ4n) is 2.15. The van der Waals surface area contributed by atoms with Crippen LogP contribution in [0.4, 0.5) is 5.82 Å². The molecule has 0 aliphatic heterocycles. The molecule has 0 fully saturated rings. The molecule has 3 rings (SSSR count). The van der Waals surface area contributed by atoms with Crippen LogP contribution in [0.25, 0.3) is 0 Å². The molecule has 0 spiro atoms. The Morgan fingerprint density at radius 2 is 1.89 bits per heavy atom. The van der Waals surface area contributed by atoms with Gasteiger partial charge in [0.25, 0.3) is 10.0 Å². The topological polar surface area (TPSA) is 92.1 Å². The molecule has 1 N–H and O–H groups in total. The van der Waals surface area contributed by atoms with E-state index in [1.165, 1.54) is 30.5 Å². The molecule has 0 amide bonds. The molecule has 2 aromatic carbocycles. The van der Waals surface area contributed by atoms with E-state index in [-0.39, 0.29) is 22.0 Å². The van der Waals surface area contributed by atoms with Gasteiger partial charge in [0.2, 0.25) is 0 Å². The quantitative estimate of drug-likeness (QED) is 0.497. The molecule has 0 saturated heterocycles. The van der Waals surface area contributed by atoms with Gasteiger partial charge < -0.3 is 4.74 Å². The van der Waals surface area contributed by atoms with Gasteiger partial charge >= 0.3 is 0 Å². The first-order valence-corrected chi connectivity index (χ1v) is 10.4. The van der Waals surface area contributed by atoms with Crippen LogP contribution < -0.4 is 9.46 Å². The van der Waals surface area contributed by atoms with Crippen molar-refractivity contribution in [3.8, 4) is 17.6 Å². The number of ether oxygens (including phenoxy) is 1. The zero-order valence-corrected chi connectivity index (χ0v) is 17.3. The molecule has 0 aliphatic rings. The molecule has 9 heteroatoms. The standard InChI is InChI=1S/C18H11ClIN3O3S/c19-13-4-6-17(15(20)10-13)26-16-7-5-14(9-12(16)11-21)27(24,25)23-18-3-1-2-8-22-18/h1-10H,(H,22,23). The SMILES string of the molecule is N#Cc1cc(S(=O)(=O)Nc2ccccn2)ccc1Oc1ccc(Cl)cc1I. The molecule has 1 heterocycles. The smallest absolute Gasteiger partial charge is 0.263 e. The minimum absolute atomic E-state index is 0.0668. The summed E-state index contributed by atoms with van der Waals surface area (Å²) in [5.41, 5.74) is 0.0876. The predicted molar refractivity (Wildman–Crippen MR) is 110 cm³/mol. The lowest BCUT2D eigenvalue weighted by Crippen LogP contribution is -2.14. The predicted octanol–water partition coefficient (Wildman–Crippen LogP) is 4.80. The number of rotatable bonds is 5.